The molecular weight excluding hydrogens is 279 g/mol. The topological polar surface area (TPSA) is 46.9 Å². The third kappa shape index (κ3) is 3.79. The van der Waals surface area contributed by atoms with E-state index in [2.05, 4.69) is 9.82 Å². The second-order valence-corrected chi connectivity index (χ2v) is 7.29. The van der Waals surface area contributed by atoms with Gasteiger partial charge in [0.1, 0.15) is 5.69 Å². The molecule has 4 nitrogen and oxygen atoms in total. The summed E-state index contributed by atoms with van der Waals surface area (Å²) in [5.41, 5.74) is -0.828. The Morgan fingerprint density at radius 2 is 1.89 bits per heavy atom. The van der Waals surface area contributed by atoms with Crippen molar-refractivity contribution in [1.82, 2.24) is 14.5 Å². The molecule has 110 valence electrons. The van der Waals surface area contributed by atoms with Crippen LogP contribution in [0, 0.1) is 0 Å². The highest BCUT2D eigenvalue weighted by molar-refractivity contribution is 7.84. The first-order chi connectivity index (χ1) is 8.44. The number of hydrogen-bond donors (Lipinski definition) is 1. The van der Waals surface area contributed by atoms with Crippen molar-refractivity contribution in [2.75, 3.05) is 0 Å². The summed E-state index contributed by atoms with van der Waals surface area (Å²) in [6.45, 7) is 6.78. The molecule has 19 heavy (non-hydrogen) atoms. The van der Waals surface area contributed by atoms with Gasteiger partial charge in [0, 0.05) is 18.7 Å². The summed E-state index contributed by atoms with van der Waals surface area (Å²) in [5.74, 6) is 0. The zero-order valence-electron chi connectivity index (χ0n) is 11.5. The lowest BCUT2D eigenvalue weighted by Crippen LogP contribution is -2.35. The van der Waals surface area contributed by atoms with Crippen molar-refractivity contribution in [3.05, 3.63) is 17.5 Å². The molecule has 8 heteroatoms. The molecule has 0 amide bonds. The summed E-state index contributed by atoms with van der Waals surface area (Å²) in [7, 11) is -0.212. The van der Waals surface area contributed by atoms with E-state index in [1.165, 1.54) is 14.0 Å². The van der Waals surface area contributed by atoms with Crippen LogP contribution < -0.4 is 4.72 Å². The van der Waals surface area contributed by atoms with Crippen molar-refractivity contribution in [2.24, 2.45) is 7.05 Å². The van der Waals surface area contributed by atoms with Crippen molar-refractivity contribution in [2.45, 2.75) is 44.7 Å². The normalized spacial score (nSPS) is 16.4. The van der Waals surface area contributed by atoms with Gasteiger partial charge in [0.15, 0.2) is 0 Å². The number of hydrogen-bond acceptors (Lipinski definition) is 2. The van der Waals surface area contributed by atoms with E-state index in [-0.39, 0.29) is 5.56 Å². The molecule has 0 aliphatic carbocycles. The van der Waals surface area contributed by atoms with Crippen molar-refractivity contribution in [3.8, 4) is 0 Å². The minimum Gasteiger partial charge on any atom is -0.263 e. The van der Waals surface area contributed by atoms with E-state index in [4.69, 9.17) is 0 Å². The van der Waals surface area contributed by atoms with E-state index in [0.29, 0.717) is 0 Å². The van der Waals surface area contributed by atoms with Gasteiger partial charge in [0.05, 0.1) is 21.9 Å². The Morgan fingerprint density at radius 1 is 1.37 bits per heavy atom. The molecule has 0 fully saturated rings. The van der Waals surface area contributed by atoms with Crippen LogP contribution in [0.25, 0.3) is 0 Å². The van der Waals surface area contributed by atoms with E-state index < -0.39 is 33.6 Å². The van der Waals surface area contributed by atoms with Gasteiger partial charge in [-0.3, -0.25) is 4.68 Å². The summed E-state index contributed by atoms with van der Waals surface area (Å²) >= 11 is 0. The predicted octanol–water partition coefficient (Wildman–Crippen LogP) is 2.55. The first kappa shape index (κ1) is 16.2. The molecular formula is C11H18F3N3OS. The number of nitrogens with one attached hydrogen (secondary N) is 1. The van der Waals surface area contributed by atoms with E-state index >= 15 is 0 Å². The number of aromatic nitrogens is 2. The fourth-order valence-electron chi connectivity index (χ4n) is 1.52. The van der Waals surface area contributed by atoms with E-state index in [0.717, 1.165) is 10.9 Å². The van der Waals surface area contributed by atoms with Crippen LogP contribution in [0.15, 0.2) is 6.20 Å². The zero-order valence-corrected chi connectivity index (χ0v) is 12.3. The molecule has 0 saturated carbocycles. The van der Waals surface area contributed by atoms with Gasteiger partial charge in [-0.15, -0.1) is 0 Å². The number of aryl methyl sites for hydroxylation is 1. The van der Waals surface area contributed by atoms with Gasteiger partial charge >= 0.3 is 6.18 Å². The monoisotopic (exact) mass is 297 g/mol. The molecule has 1 aromatic rings. The fourth-order valence-corrected chi connectivity index (χ4v) is 2.32. The van der Waals surface area contributed by atoms with Gasteiger partial charge in [-0.25, -0.2) is 8.93 Å². The Bertz CT molecular complexity index is 477. The summed E-state index contributed by atoms with van der Waals surface area (Å²) in [4.78, 5) is 0. The van der Waals surface area contributed by atoms with Crippen molar-refractivity contribution in [1.29, 1.82) is 0 Å². The number of halogens is 3. The van der Waals surface area contributed by atoms with Gasteiger partial charge in [0.2, 0.25) is 0 Å². The number of rotatable bonds is 3. The van der Waals surface area contributed by atoms with Crippen LogP contribution in [-0.2, 0) is 24.2 Å². The SMILES string of the molecule is C[C@@H](N[S@](=O)C(C)(C)C)c1cnn(C)c1C(F)(F)F. The largest absolute Gasteiger partial charge is 0.433 e. The molecule has 0 aliphatic rings. The van der Waals surface area contributed by atoms with Gasteiger partial charge in [-0.05, 0) is 27.7 Å². The Balaban J connectivity index is 3.02. The van der Waals surface area contributed by atoms with Crippen LogP contribution in [0.2, 0.25) is 0 Å². The van der Waals surface area contributed by atoms with E-state index in [9.17, 15) is 17.4 Å². The molecule has 0 aliphatic heterocycles. The second kappa shape index (κ2) is 5.24. The van der Waals surface area contributed by atoms with Crippen LogP contribution in [0.1, 0.15) is 45.0 Å². The summed E-state index contributed by atoms with van der Waals surface area (Å²) in [6, 6.07) is -0.703. The maximum Gasteiger partial charge on any atom is 0.433 e. The summed E-state index contributed by atoms with van der Waals surface area (Å²) in [5, 5.41) is 3.63. The smallest absolute Gasteiger partial charge is 0.263 e. The zero-order chi connectivity index (χ0) is 15.0. The van der Waals surface area contributed by atoms with Crippen LogP contribution in [0.3, 0.4) is 0 Å². The van der Waals surface area contributed by atoms with Crippen LogP contribution in [0.4, 0.5) is 13.2 Å². The van der Waals surface area contributed by atoms with Gasteiger partial charge < -0.3 is 0 Å². The number of nitrogens with zero attached hydrogens (tertiary/aromatic N) is 2. The Kier molecular flexibility index (Phi) is 4.46. The van der Waals surface area contributed by atoms with Gasteiger partial charge in [-0.1, -0.05) is 0 Å². The highest BCUT2D eigenvalue weighted by Gasteiger charge is 2.39. The van der Waals surface area contributed by atoms with Crippen LogP contribution >= 0.6 is 0 Å². The standard InChI is InChI=1S/C11H18F3N3OS/c1-7(16-19(18)10(2,3)4)8-6-15-17(5)9(8)11(12,13)14/h6-7,16H,1-5H3/t7-,19-/m1/s1. The minimum atomic E-state index is -4.49. The molecule has 2 atom stereocenters. The lowest BCUT2D eigenvalue weighted by molar-refractivity contribution is -0.144. The molecule has 0 aromatic carbocycles. The minimum absolute atomic E-state index is 0.00685. The predicted molar refractivity (Wildman–Crippen MR) is 67.7 cm³/mol. The molecule has 1 rings (SSSR count). The first-order valence-corrected chi connectivity index (χ1v) is 6.86. The second-order valence-electron chi connectivity index (χ2n) is 5.29. The molecule has 0 radical (unpaired) electrons. The molecule has 0 bridgehead atoms. The molecule has 1 N–H and O–H groups in total. The Hall–Kier alpha value is -0.890. The lowest BCUT2D eigenvalue weighted by atomic mass is 10.1. The quantitative estimate of drug-likeness (QED) is 0.932. The Morgan fingerprint density at radius 3 is 2.32 bits per heavy atom. The maximum absolute atomic E-state index is 12.9. The Labute approximate surface area is 113 Å². The van der Waals surface area contributed by atoms with Crippen molar-refractivity contribution in [3.63, 3.8) is 0 Å². The van der Waals surface area contributed by atoms with Gasteiger partial charge in [-0.2, -0.15) is 18.3 Å². The third-order valence-electron chi connectivity index (χ3n) is 2.54. The van der Waals surface area contributed by atoms with Crippen molar-refractivity contribution < 1.29 is 17.4 Å². The highest BCUT2D eigenvalue weighted by atomic mass is 32.2. The molecule has 0 unspecified atom stereocenters. The number of alkyl halides is 3. The third-order valence-corrected chi connectivity index (χ3v) is 4.22. The fraction of sp³-hybridized carbons (Fsp3) is 0.727. The molecule has 0 spiro atoms. The van der Waals surface area contributed by atoms with E-state index in [1.807, 2.05) is 0 Å². The van der Waals surface area contributed by atoms with E-state index in [1.54, 1.807) is 20.8 Å². The van der Waals surface area contributed by atoms with Gasteiger partial charge in [0.25, 0.3) is 0 Å². The average molecular weight is 297 g/mol. The van der Waals surface area contributed by atoms with Crippen LogP contribution in [-0.4, -0.2) is 18.7 Å². The lowest BCUT2D eigenvalue weighted by Gasteiger charge is -2.22. The maximum atomic E-state index is 12.9. The molecule has 1 heterocycles. The average Bonchev–Trinajstić information content (AvgIpc) is 2.57. The summed E-state index contributed by atoms with van der Waals surface area (Å²) in [6.07, 6.45) is -3.33. The highest BCUT2D eigenvalue weighted by Crippen LogP contribution is 2.34. The summed E-state index contributed by atoms with van der Waals surface area (Å²) < 4.78 is 53.6. The van der Waals surface area contributed by atoms with Crippen molar-refractivity contribution >= 4 is 11.0 Å². The van der Waals surface area contributed by atoms with Crippen LogP contribution in [0.5, 0.6) is 0 Å². The molecule has 0 saturated heterocycles. The first-order valence-electron chi connectivity index (χ1n) is 5.71. The molecule has 1 aromatic heterocycles.